The van der Waals surface area contributed by atoms with Crippen LogP contribution in [0.3, 0.4) is 0 Å². The Kier molecular flexibility index (Phi) is 5.66. The number of rotatable bonds is 5. The molecular weight excluding hydrogens is 378 g/mol. The summed E-state index contributed by atoms with van der Waals surface area (Å²) >= 11 is 5.96. The number of carbonyl (C=O) groups is 1. The van der Waals surface area contributed by atoms with E-state index < -0.39 is 22.7 Å². The van der Waals surface area contributed by atoms with Crippen molar-refractivity contribution in [3.8, 4) is 5.75 Å². The Balaban J connectivity index is 2.05. The molecule has 0 saturated heterocycles. The first-order valence-corrected chi connectivity index (χ1v) is 8.90. The quantitative estimate of drug-likeness (QED) is 0.472. The number of allylic oxidation sites excluding steroid dienone is 1. The summed E-state index contributed by atoms with van der Waals surface area (Å²) in [5.41, 5.74) is 1.70. The summed E-state index contributed by atoms with van der Waals surface area (Å²) in [7, 11) is 0. The minimum atomic E-state index is -0.885. The fraction of sp³-hybridized carbons (Fsp3) is 0.0909. The van der Waals surface area contributed by atoms with Gasteiger partial charge in [-0.25, -0.2) is 4.79 Å². The van der Waals surface area contributed by atoms with E-state index in [2.05, 4.69) is 5.32 Å². The SMILES string of the molecule is Cc1ccc(N/C(=C\C(=O)c2c(O)cc(C)oc2=O)c2ccc(Cl)cc2)cc1. The number of hydrogen-bond acceptors (Lipinski definition) is 5. The number of anilines is 1. The molecule has 142 valence electrons. The Morgan fingerprint density at radius 3 is 2.32 bits per heavy atom. The second kappa shape index (κ2) is 8.15. The number of nitrogens with one attached hydrogen (secondary N) is 1. The van der Waals surface area contributed by atoms with Crippen LogP contribution in [0.5, 0.6) is 5.75 Å². The topological polar surface area (TPSA) is 79.5 Å². The van der Waals surface area contributed by atoms with E-state index in [9.17, 15) is 14.7 Å². The van der Waals surface area contributed by atoms with Crippen LogP contribution in [0.15, 0.2) is 69.9 Å². The molecule has 0 bridgehead atoms. The van der Waals surface area contributed by atoms with Gasteiger partial charge in [0.1, 0.15) is 17.1 Å². The molecule has 0 fully saturated rings. The van der Waals surface area contributed by atoms with Crippen LogP contribution in [-0.4, -0.2) is 10.9 Å². The fourth-order valence-corrected chi connectivity index (χ4v) is 2.77. The highest BCUT2D eigenvalue weighted by atomic mass is 35.5. The standard InChI is InChI=1S/C22H18ClNO4/c1-13-3-9-17(10-4-13)24-18(15-5-7-16(23)8-6-15)12-20(26)21-19(25)11-14(2)28-22(21)27/h3-12,24-25H,1-2H3/b18-12-. The monoisotopic (exact) mass is 395 g/mol. The van der Waals surface area contributed by atoms with Crippen molar-refractivity contribution in [2.75, 3.05) is 5.32 Å². The molecule has 0 saturated carbocycles. The largest absolute Gasteiger partial charge is 0.507 e. The van der Waals surface area contributed by atoms with Gasteiger partial charge in [-0.2, -0.15) is 0 Å². The van der Waals surface area contributed by atoms with Crippen molar-refractivity contribution in [3.63, 3.8) is 0 Å². The number of carbonyl (C=O) groups excluding carboxylic acids is 1. The van der Waals surface area contributed by atoms with E-state index in [4.69, 9.17) is 16.0 Å². The van der Waals surface area contributed by atoms with E-state index >= 15 is 0 Å². The summed E-state index contributed by atoms with van der Waals surface area (Å²) in [4.78, 5) is 24.8. The number of benzene rings is 2. The maximum Gasteiger partial charge on any atom is 0.351 e. The minimum Gasteiger partial charge on any atom is -0.507 e. The zero-order chi connectivity index (χ0) is 20.3. The summed E-state index contributed by atoms with van der Waals surface area (Å²) in [6.45, 7) is 3.49. The van der Waals surface area contributed by atoms with Crippen molar-refractivity contribution >= 4 is 28.8 Å². The van der Waals surface area contributed by atoms with E-state index in [1.807, 2.05) is 31.2 Å². The highest BCUT2D eigenvalue weighted by Gasteiger charge is 2.18. The molecule has 0 aliphatic rings. The van der Waals surface area contributed by atoms with E-state index in [1.54, 1.807) is 24.3 Å². The lowest BCUT2D eigenvalue weighted by atomic mass is 10.1. The van der Waals surface area contributed by atoms with Gasteiger partial charge in [0.05, 0.1) is 0 Å². The molecule has 3 aromatic rings. The molecule has 3 rings (SSSR count). The van der Waals surface area contributed by atoms with E-state index in [0.717, 1.165) is 11.3 Å². The normalized spacial score (nSPS) is 11.3. The molecule has 0 unspecified atom stereocenters. The van der Waals surface area contributed by atoms with Gasteiger partial charge in [0.25, 0.3) is 0 Å². The molecule has 1 aromatic heterocycles. The van der Waals surface area contributed by atoms with Crippen LogP contribution in [0.25, 0.3) is 5.70 Å². The van der Waals surface area contributed by atoms with Crippen molar-refractivity contribution in [3.05, 3.63) is 98.6 Å². The van der Waals surface area contributed by atoms with Gasteiger partial charge in [-0.1, -0.05) is 41.4 Å². The lowest BCUT2D eigenvalue weighted by molar-refractivity contribution is 0.104. The van der Waals surface area contributed by atoms with Gasteiger partial charge in [-0.3, -0.25) is 4.79 Å². The molecule has 28 heavy (non-hydrogen) atoms. The van der Waals surface area contributed by atoms with Crippen LogP contribution in [0.1, 0.15) is 27.2 Å². The summed E-state index contributed by atoms with van der Waals surface area (Å²) in [5.74, 6) is -0.865. The molecule has 0 spiro atoms. The van der Waals surface area contributed by atoms with Gasteiger partial charge in [0.15, 0.2) is 5.78 Å². The van der Waals surface area contributed by atoms with Crippen LogP contribution in [0.4, 0.5) is 5.69 Å². The molecule has 0 amide bonds. The molecule has 5 nitrogen and oxygen atoms in total. The van der Waals surface area contributed by atoms with Crippen LogP contribution < -0.4 is 10.9 Å². The van der Waals surface area contributed by atoms with Gasteiger partial charge < -0.3 is 14.8 Å². The number of halogens is 1. The highest BCUT2D eigenvalue weighted by Crippen LogP contribution is 2.23. The average molecular weight is 396 g/mol. The Hall–Kier alpha value is -3.31. The zero-order valence-electron chi connectivity index (χ0n) is 15.3. The van der Waals surface area contributed by atoms with Gasteiger partial charge in [-0.15, -0.1) is 0 Å². The molecule has 6 heteroatoms. The van der Waals surface area contributed by atoms with Crippen LogP contribution >= 0.6 is 11.6 Å². The van der Waals surface area contributed by atoms with Crippen LogP contribution in [-0.2, 0) is 0 Å². The second-order valence-electron chi connectivity index (χ2n) is 6.32. The molecule has 2 N–H and O–H groups in total. The van der Waals surface area contributed by atoms with E-state index in [0.29, 0.717) is 16.3 Å². The molecule has 0 atom stereocenters. The fourth-order valence-electron chi connectivity index (χ4n) is 2.64. The second-order valence-corrected chi connectivity index (χ2v) is 6.76. The number of aromatic hydroxyl groups is 1. The number of ketones is 1. The smallest absolute Gasteiger partial charge is 0.351 e. The third-order valence-electron chi connectivity index (χ3n) is 4.06. The third-order valence-corrected chi connectivity index (χ3v) is 4.31. The molecule has 0 radical (unpaired) electrons. The Morgan fingerprint density at radius 1 is 1.07 bits per heavy atom. The predicted molar refractivity (Wildman–Crippen MR) is 110 cm³/mol. The van der Waals surface area contributed by atoms with Crippen LogP contribution in [0, 0.1) is 13.8 Å². The predicted octanol–water partition coefficient (Wildman–Crippen LogP) is 4.95. The van der Waals surface area contributed by atoms with Crippen molar-refractivity contribution in [1.82, 2.24) is 0 Å². The first-order chi connectivity index (χ1) is 13.3. The molecular formula is C22H18ClNO4. The average Bonchev–Trinajstić information content (AvgIpc) is 2.63. The van der Waals surface area contributed by atoms with E-state index in [1.165, 1.54) is 19.1 Å². The van der Waals surface area contributed by atoms with Crippen molar-refractivity contribution < 1.29 is 14.3 Å². The van der Waals surface area contributed by atoms with Crippen molar-refractivity contribution in [1.29, 1.82) is 0 Å². The molecule has 2 aromatic carbocycles. The van der Waals surface area contributed by atoms with Gasteiger partial charge >= 0.3 is 5.63 Å². The maximum absolute atomic E-state index is 12.7. The van der Waals surface area contributed by atoms with Crippen molar-refractivity contribution in [2.45, 2.75) is 13.8 Å². The molecule has 1 heterocycles. The Morgan fingerprint density at radius 2 is 1.71 bits per heavy atom. The maximum atomic E-state index is 12.7. The summed E-state index contributed by atoms with van der Waals surface area (Å²) in [5, 5.41) is 13.8. The highest BCUT2D eigenvalue weighted by molar-refractivity contribution is 6.30. The Labute approximate surface area is 166 Å². The number of hydrogen-bond donors (Lipinski definition) is 2. The summed E-state index contributed by atoms with van der Waals surface area (Å²) in [6, 6.07) is 15.8. The number of aryl methyl sites for hydroxylation is 2. The third kappa shape index (κ3) is 4.50. The zero-order valence-corrected chi connectivity index (χ0v) is 16.1. The summed E-state index contributed by atoms with van der Waals surface area (Å²) < 4.78 is 4.94. The van der Waals surface area contributed by atoms with Crippen molar-refractivity contribution in [2.24, 2.45) is 0 Å². The Bertz CT molecular complexity index is 1100. The lowest BCUT2D eigenvalue weighted by Gasteiger charge is -2.12. The van der Waals surface area contributed by atoms with Gasteiger partial charge in [0, 0.05) is 28.5 Å². The molecule has 0 aliphatic carbocycles. The van der Waals surface area contributed by atoms with Gasteiger partial charge in [0.2, 0.25) is 0 Å². The van der Waals surface area contributed by atoms with Gasteiger partial charge in [-0.05, 0) is 43.7 Å². The first-order valence-electron chi connectivity index (χ1n) is 8.53. The lowest BCUT2D eigenvalue weighted by Crippen LogP contribution is -2.14. The van der Waals surface area contributed by atoms with Crippen LogP contribution in [0.2, 0.25) is 5.02 Å². The minimum absolute atomic E-state index is 0.221. The summed E-state index contributed by atoms with van der Waals surface area (Å²) in [6.07, 6.45) is 1.25. The molecule has 0 aliphatic heterocycles. The van der Waals surface area contributed by atoms with E-state index in [-0.39, 0.29) is 5.76 Å². The first kappa shape index (κ1) is 19.5.